The molecule has 0 fully saturated rings. The van der Waals surface area contributed by atoms with E-state index in [1.54, 1.807) is 0 Å². The van der Waals surface area contributed by atoms with Crippen LogP contribution >= 0.6 is 0 Å². The summed E-state index contributed by atoms with van der Waals surface area (Å²) in [6, 6.07) is 62.1. The quantitative estimate of drug-likeness (QED) is 0.190. The number of nitrogens with zero attached hydrogens (tertiary/aromatic N) is 1. The largest absolute Gasteiger partial charge is 0.456 e. The molecular formula is C46H29NO2. The first kappa shape index (κ1) is 27.5. The summed E-state index contributed by atoms with van der Waals surface area (Å²) >= 11 is 0. The minimum atomic E-state index is 0.861. The van der Waals surface area contributed by atoms with Crippen LogP contribution in [0.3, 0.4) is 0 Å². The SMILES string of the molecule is c1ccc(-c2cccc(N(c3ccc4c(c3)oc3ccccc34)c3ccc4c(c3)c(-c3ccccc3)cc3oc5ccccc5c34)c2)cc1. The molecule has 0 bridgehead atoms. The first-order valence-electron chi connectivity index (χ1n) is 16.6. The summed E-state index contributed by atoms with van der Waals surface area (Å²) in [6.45, 7) is 0. The van der Waals surface area contributed by atoms with Crippen molar-refractivity contribution in [3.63, 3.8) is 0 Å². The van der Waals surface area contributed by atoms with Crippen LogP contribution in [-0.4, -0.2) is 0 Å². The molecule has 3 heteroatoms. The summed E-state index contributed by atoms with van der Waals surface area (Å²) in [7, 11) is 0. The van der Waals surface area contributed by atoms with E-state index in [0.717, 1.165) is 88.4 Å². The molecule has 0 atom stereocenters. The highest BCUT2D eigenvalue weighted by molar-refractivity contribution is 6.22. The Labute approximate surface area is 282 Å². The van der Waals surface area contributed by atoms with E-state index >= 15 is 0 Å². The molecule has 0 radical (unpaired) electrons. The van der Waals surface area contributed by atoms with E-state index in [1.807, 2.05) is 24.3 Å². The Bertz CT molecular complexity index is 2830. The van der Waals surface area contributed by atoms with Gasteiger partial charge in [-0.05, 0) is 87.6 Å². The van der Waals surface area contributed by atoms with Crippen LogP contribution in [0, 0.1) is 0 Å². The third-order valence-corrected chi connectivity index (χ3v) is 9.64. The summed E-state index contributed by atoms with van der Waals surface area (Å²) < 4.78 is 12.8. The lowest BCUT2D eigenvalue weighted by molar-refractivity contribution is 0.668. The lowest BCUT2D eigenvalue weighted by atomic mass is 9.94. The topological polar surface area (TPSA) is 29.5 Å². The maximum atomic E-state index is 6.44. The van der Waals surface area contributed by atoms with E-state index in [9.17, 15) is 0 Å². The van der Waals surface area contributed by atoms with Gasteiger partial charge in [-0.3, -0.25) is 0 Å². The third kappa shape index (κ3) is 4.51. The van der Waals surface area contributed by atoms with Crippen LogP contribution in [0.4, 0.5) is 17.1 Å². The fourth-order valence-electron chi connectivity index (χ4n) is 7.38. The average molecular weight is 628 g/mol. The monoisotopic (exact) mass is 627 g/mol. The molecule has 0 aliphatic heterocycles. The zero-order valence-electron chi connectivity index (χ0n) is 26.5. The van der Waals surface area contributed by atoms with Crippen molar-refractivity contribution in [3.8, 4) is 22.3 Å². The van der Waals surface area contributed by atoms with Gasteiger partial charge >= 0.3 is 0 Å². The normalized spacial score (nSPS) is 11.7. The molecule has 8 aromatic carbocycles. The Balaban J connectivity index is 1.25. The Morgan fingerprint density at radius 2 is 0.878 bits per heavy atom. The predicted molar refractivity (Wildman–Crippen MR) is 204 cm³/mol. The molecular weight excluding hydrogens is 599 g/mol. The fraction of sp³-hybridized carbons (Fsp3) is 0. The van der Waals surface area contributed by atoms with Gasteiger partial charge in [-0.1, -0.05) is 115 Å². The van der Waals surface area contributed by atoms with Crippen LogP contribution in [0.1, 0.15) is 0 Å². The molecule has 0 aliphatic rings. The number of para-hydroxylation sites is 2. The molecule has 0 spiro atoms. The van der Waals surface area contributed by atoms with Crippen molar-refractivity contribution in [2.75, 3.05) is 4.90 Å². The van der Waals surface area contributed by atoms with E-state index in [-0.39, 0.29) is 0 Å². The molecule has 0 amide bonds. The smallest absolute Gasteiger partial charge is 0.137 e. The number of fused-ring (bicyclic) bond motifs is 8. The van der Waals surface area contributed by atoms with Crippen LogP contribution in [0.15, 0.2) is 185 Å². The summed E-state index contributed by atoms with van der Waals surface area (Å²) in [4.78, 5) is 2.34. The third-order valence-electron chi connectivity index (χ3n) is 9.64. The highest BCUT2D eigenvalue weighted by Crippen LogP contribution is 2.45. The van der Waals surface area contributed by atoms with E-state index in [1.165, 1.54) is 5.56 Å². The molecule has 10 aromatic rings. The van der Waals surface area contributed by atoms with Crippen LogP contribution in [-0.2, 0) is 0 Å². The highest BCUT2D eigenvalue weighted by Gasteiger charge is 2.20. The lowest BCUT2D eigenvalue weighted by Gasteiger charge is -2.26. The maximum Gasteiger partial charge on any atom is 0.137 e. The average Bonchev–Trinajstić information content (AvgIpc) is 3.73. The number of hydrogen-bond donors (Lipinski definition) is 0. The van der Waals surface area contributed by atoms with Gasteiger partial charge in [-0.25, -0.2) is 0 Å². The van der Waals surface area contributed by atoms with Gasteiger partial charge < -0.3 is 13.7 Å². The Morgan fingerprint density at radius 3 is 1.67 bits per heavy atom. The second-order valence-electron chi connectivity index (χ2n) is 12.5. The maximum absolute atomic E-state index is 6.44. The summed E-state index contributed by atoms with van der Waals surface area (Å²) in [5.41, 5.74) is 11.3. The van der Waals surface area contributed by atoms with E-state index in [2.05, 4.69) is 157 Å². The summed E-state index contributed by atoms with van der Waals surface area (Å²) in [6.07, 6.45) is 0. The second kappa shape index (κ2) is 11.0. The predicted octanol–water partition coefficient (Wildman–Crippen LogP) is 13.4. The van der Waals surface area contributed by atoms with Crippen molar-refractivity contribution in [1.82, 2.24) is 0 Å². The van der Waals surface area contributed by atoms with Gasteiger partial charge in [0.05, 0.1) is 0 Å². The summed E-state index contributed by atoms with van der Waals surface area (Å²) in [5, 5.41) is 6.82. The van der Waals surface area contributed by atoms with Gasteiger partial charge in [0.25, 0.3) is 0 Å². The molecule has 3 nitrogen and oxygen atoms in total. The molecule has 0 saturated carbocycles. The number of anilines is 3. The zero-order valence-corrected chi connectivity index (χ0v) is 26.5. The Kier molecular flexibility index (Phi) is 6.18. The molecule has 0 saturated heterocycles. The second-order valence-corrected chi connectivity index (χ2v) is 12.5. The van der Waals surface area contributed by atoms with Crippen LogP contribution in [0.2, 0.25) is 0 Å². The first-order chi connectivity index (χ1) is 24.3. The number of furan rings is 2. The van der Waals surface area contributed by atoms with Crippen molar-refractivity contribution in [2.45, 2.75) is 0 Å². The van der Waals surface area contributed by atoms with Crippen molar-refractivity contribution in [3.05, 3.63) is 176 Å². The van der Waals surface area contributed by atoms with Gasteiger partial charge in [0, 0.05) is 44.7 Å². The minimum Gasteiger partial charge on any atom is -0.456 e. The molecule has 2 aromatic heterocycles. The highest BCUT2D eigenvalue weighted by atomic mass is 16.3. The lowest BCUT2D eigenvalue weighted by Crippen LogP contribution is -2.10. The van der Waals surface area contributed by atoms with Crippen LogP contribution in [0.5, 0.6) is 0 Å². The van der Waals surface area contributed by atoms with Crippen LogP contribution in [0.25, 0.3) is 76.9 Å². The number of benzene rings is 8. The van der Waals surface area contributed by atoms with Crippen molar-refractivity contribution < 1.29 is 8.83 Å². The first-order valence-corrected chi connectivity index (χ1v) is 16.6. The minimum absolute atomic E-state index is 0.861. The van der Waals surface area contributed by atoms with Gasteiger partial charge in [0.1, 0.15) is 22.3 Å². The Hall–Kier alpha value is -6.58. The molecule has 2 heterocycles. The van der Waals surface area contributed by atoms with Crippen molar-refractivity contribution in [1.29, 1.82) is 0 Å². The van der Waals surface area contributed by atoms with Gasteiger partial charge in [0.2, 0.25) is 0 Å². The van der Waals surface area contributed by atoms with E-state index in [0.29, 0.717) is 0 Å². The standard InChI is InChI=1S/C46H29NO2/c1-3-12-30(13-4-1)32-16-11-17-33(26-32)47(35-22-24-37-36-18-7-9-20-42(36)48-44(37)28-35)34-23-25-38-41(27-34)40(31-14-5-2-6-15-31)29-45-46(38)39-19-8-10-21-43(39)49-45/h1-29H. The molecule has 230 valence electrons. The molecule has 10 rings (SSSR count). The zero-order chi connectivity index (χ0) is 32.3. The van der Waals surface area contributed by atoms with Crippen molar-refractivity contribution >= 4 is 71.7 Å². The van der Waals surface area contributed by atoms with Crippen LogP contribution < -0.4 is 4.90 Å². The Morgan fingerprint density at radius 1 is 0.306 bits per heavy atom. The number of hydrogen-bond acceptors (Lipinski definition) is 3. The number of rotatable bonds is 5. The van der Waals surface area contributed by atoms with Gasteiger partial charge in [-0.2, -0.15) is 0 Å². The van der Waals surface area contributed by atoms with E-state index < -0.39 is 0 Å². The van der Waals surface area contributed by atoms with E-state index in [4.69, 9.17) is 8.83 Å². The molecule has 0 unspecified atom stereocenters. The van der Waals surface area contributed by atoms with Gasteiger partial charge in [0.15, 0.2) is 0 Å². The molecule has 0 N–H and O–H groups in total. The molecule has 0 aliphatic carbocycles. The van der Waals surface area contributed by atoms with Crippen molar-refractivity contribution in [2.24, 2.45) is 0 Å². The van der Waals surface area contributed by atoms with Gasteiger partial charge in [-0.15, -0.1) is 0 Å². The fourth-order valence-corrected chi connectivity index (χ4v) is 7.38. The molecule has 49 heavy (non-hydrogen) atoms. The summed E-state index contributed by atoms with van der Waals surface area (Å²) in [5.74, 6) is 0.